The maximum atomic E-state index is 12.4. The predicted octanol–water partition coefficient (Wildman–Crippen LogP) is 1.54. The van der Waals surface area contributed by atoms with Crippen LogP contribution in [0.25, 0.3) is 11.0 Å². The lowest BCUT2D eigenvalue weighted by molar-refractivity contribution is -0.0997. The third-order valence-electron chi connectivity index (χ3n) is 5.47. The van der Waals surface area contributed by atoms with Gasteiger partial charge in [-0.15, -0.1) is 0 Å². The Morgan fingerprint density at radius 2 is 2.00 bits per heavy atom. The fraction of sp³-hybridized carbons (Fsp3) is 0.526. The highest BCUT2D eigenvalue weighted by atomic mass is 16.5. The smallest absolute Gasteiger partial charge is 0.339 e. The first-order valence-corrected chi connectivity index (χ1v) is 8.87. The molecule has 2 fully saturated rings. The van der Waals surface area contributed by atoms with E-state index in [9.17, 15) is 15.0 Å². The van der Waals surface area contributed by atoms with Gasteiger partial charge in [-0.1, -0.05) is 0 Å². The number of rotatable bonds is 4. The van der Waals surface area contributed by atoms with Crippen LogP contribution in [0.5, 0.6) is 11.5 Å². The standard InChI is InChI=1S/C19H23NO6/c1-10-13-5-17(24-2)15(21)7-16(13)26-19(23)14(10)6-18(22)20-8-11-3-4-12(9-20)25-11/h5,7,11-12,18,21-22H,3-4,6,8-9H2,1-2H3. The van der Waals surface area contributed by atoms with Crippen LogP contribution in [-0.4, -0.2) is 53.7 Å². The number of methoxy groups -OCH3 is 1. The molecule has 7 nitrogen and oxygen atoms in total. The number of nitrogens with zero attached hydrogens (tertiary/aromatic N) is 1. The molecule has 2 aliphatic rings. The summed E-state index contributed by atoms with van der Waals surface area (Å²) in [7, 11) is 1.47. The Morgan fingerprint density at radius 1 is 1.31 bits per heavy atom. The van der Waals surface area contributed by atoms with E-state index in [1.54, 1.807) is 6.07 Å². The molecule has 2 saturated heterocycles. The third kappa shape index (κ3) is 2.96. The van der Waals surface area contributed by atoms with E-state index in [1.807, 2.05) is 11.8 Å². The Labute approximate surface area is 150 Å². The number of aliphatic hydroxyl groups is 1. The number of phenols is 1. The molecule has 1 aromatic carbocycles. The molecule has 4 rings (SSSR count). The SMILES string of the molecule is COc1cc2c(C)c(CC(O)N3CC4CCC(C3)O4)c(=O)oc2cc1O. The Hall–Kier alpha value is -2.09. The maximum Gasteiger partial charge on any atom is 0.339 e. The zero-order valence-corrected chi connectivity index (χ0v) is 14.9. The first kappa shape index (κ1) is 17.3. The van der Waals surface area contributed by atoms with Gasteiger partial charge in [-0.25, -0.2) is 4.79 Å². The number of fused-ring (bicyclic) bond motifs is 3. The molecule has 3 heterocycles. The molecule has 140 valence electrons. The molecule has 0 amide bonds. The Kier molecular flexibility index (Phi) is 4.38. The van der Waals surface area contributed by atoms with Crippen molar-refractivity contribution in [3.8, 4) is 11.5 Å². The molecule has 26 heavy (non-hydrogen) atoms. The molecular weight excluding hydrogens is 338 g/mol. The van der Waals surface area contributed by atoms with E-state index in [0.717, 1.165) is 18.4 Å². The highest BCUT2D eigenvalue weighted by molar-refractivity contribution is 5.84. The second-order valence-corrected chi connectivity index (χ2v) is 7.11. The number of aromatic hydroxyl groups is 1. The maximum absolute atomic E-state index is 12.4. The van der Waals surface area contributed by atoms with Crippen molar-refractivity contribution in [2.45, 2.75) is 44.6 Å². The molecule has 2 aliphatic heterocycles. The largest absolute Gasteiger partial charge is 0.504 e. The lowest BCUT2D eigenvalue weighted by Crippen LogP contribution is -2.49. The van der Waals surface area contributed by atoms with Crippen LogP contribution in [0.3, 0.4) is 0 Å². The van der Waals surface area contributed by atoms with E-state index in [0.29, 0.717) is 35.4 Å². The molecule has 2 bridgehead atoms. The van der Waals surface area contributed by atoms with Gasteiger partial charge in [0.2, 0.25) is 0 Å². The molecular formula is C19H23NO6. The van der Waals surface area contributed by atoms with E-state index < -0.39 is 11.9 Å². The van der Waals surface area contributed by atoms with E-state index in [1.165, 1.54) is 13.2 Å². The molecule has 0 spiro atoms. The predicted molar refractivity (Wildman–Crippen MR) is 94.6 cm³/mol. The first-order valence-electron chi connectivity index (χ1n) is 8.87. The van der Waals surface area contributed by atoms with Gasteiger partial charge >= 0.3 is 5.63 Å². The average Bonchev–Trinajstić information content (AvgIpc) is 2.95. The Bertz CT molecular complexity index is 880. The Balaban J connectivity index is 1.65. The zero-order valence-electron chi connectivity index (χ0n) is 14.9. The van der Waals surface area contributed by atoms with Crippen molar-refractivity contribution in [1.29, 1.82) is 0 Å². The molecule has 0 aliphatic carbocycles. The number of hydrogen-bond acceptors (Lipinski definition) is 7. The quantitative estimate of drug-likeness (QED) is 0.798. The molecule has 0 saturated carbocycles. The van der Waals surface area contributed by atoms with Crippen LogP contribution >= 0.6 is 0 Å². The minimum atomic E-state index is -0.764. The van der Waals surface area contributed by atoms with Crippen molar-refractivity contribution in [2.24, 2.45) is 0 Å². The number of morpholine rings is 1. The second-order valence-electron chi connectivity index (χ2n) is 7.11. The van der Waals surface area contributed by atoms with Crippen LogP contribution in [0.1, 0.15) is 24.0 Å². The summed E-state index contributed by atoms with van der Waals surface area (Å²) in [5, 5.41) is 21.3. The molecule has 3 unspecified atom stereocenters. The van der Waals surface area contributed by atoms with Gasteiger partial charge in [0.15, 0.2) is 11.5 Å². The normalized spacial score (nSPS) is 24.1. The van der Waals surface area contributed by atoms with Crippen molar-refractivity contribution in [3.63, 3.8) is 0 Å². The molecule has 7 heteroatoms. The van der Waals surface area contributed by atoms with Crippen molar-refractivity contribution in [1.82, 2.24) is 4.90 Å². The lowest BCUT2D eigenvalue weighted by atomic mass is 10.0. The van der Waals surface area contributed by atoms with Gasteiger partial charge < -0.3 is 24.1 Å². The molecule has 2 aromatic rings. The minimum absolute atomic E-state index is 0.0841. The molecule has 1 aromatic heterocycles. The highest BCUT2D eigenvalue weighted by Crippen LogP contribution is 2.33. The lowest BCUT2D eigenvalue weighted by Gasteiger charge is -2.35. The van der Waals surface area contributed by atoms with Crippen LogP contribution in [0, 0.1) is 6.92 Å². The number of likely N-dealkylation sites (tertiary alicyclic amines) is 1. The fourth-order valence-electron chi connectivity index (χ4n) is 4.01. The van der Waals surface area contributed by atoms with Crippen LogP contribution in [0.15, 0.2) is 21.3 Å². The van der Waals surface area contributed by atoms with E-state index in [2.05, 4.69) is 0 Å². The molecule has 0 radical (unpaired) electrons. The highest BCUT2D eigenvalue weighted by Gasteiger charge is 2.36. The van der Waals surface area contributed by atoms with Crippen molar-refractivity contribution >= 4 is 11.0 Å². The second kappa shape index (κ2) is 6.57. The van der Waals surface area contributed by atoms with Gasteiger partial charge in [-0.05, 0) is 31.4 Å². The van der Waals surface area contributed by atoms with Gasteiger partial charge in [-0.3, -0.25) is 4.90 Å². The average molecular weight is 361 g/mol. The van der Waals surface area contributed by atoms with Gasteiger partial charge in [0.25, 0.3) is 0 Å². The summed E-state index contributed by atoms with van der Waals surface area (Å²) in [6.45, 7) is 3.18. The van der Waals surface area contributed by atoms with Crippen LogP contribution < -0.4 is 10.4 Å². The number of aryl methyl sites for hydroxylation is 1. The Morgan fingerprint density at radius 3 is 2.65 bits per heavy atom. The summed E-state index contributed by atoms with van der Waals surface area (Å²) in [4.78, 5) is 14.4. The summed E-state index contributed by atoms with van der Waals surface area (Å²) in [5.74, 6) is 0.227. The van der Waals surface area contributed by atoms with Crippen LogP contribution in [-0.2, 0) is 11.2 Å². The third-order valence-corrected chi connectivity index (χ3v) is 5.47. The van der Waals surface area contributed by atoms with Gasteiger partial charge in [0.1, 0.15) is 11.8 Å². The summed E-state index contributed by atoms with van der Waals surface area (Å²) in [6, 6.07) is 3.02. The van der Waals surface area contributed by atoms with Crippen LogP contribution in [0.4, 0.5) is 0 Å². The minimum Gasteiger partial charge on any atom is -0.504 e. The number of benzene rings is 1. The summed E-state index contributed by atoms with van der Waals surface area (Å²) >= 11 is 0. The zero-order chi connectivity index (χ0) is 18.4. The fourth-order valence-corrected chi connectivity index (χ4v) is 4.01. The van der Waals surface area contributed by atoms with Gasteiger partial charge in [0, 0.05) is 36.5 Å². The first-order chi connectivity index (χ1) is 12.5. The summed E-state index contributed by atoms with van der Waals surface area (Å²) in [6.07, 6.45) is 1.81. The number of hydrogen-bond donors (Lipinski definition) is 2. The number of ether oxygens (including phenoxy) is 2. The summed E-state index contributed by atoms with van der Waals surface area (Å²) < 4.78 is 16.3. The van der Waals surface area contributed by atoms with Crippen molar-refractivity contribution < 1.29 is 24.1 Å². The van der Waals surface area contributed by atoms with E-state index >= 15 is 0 Å². The summed E-state index contributed by atoms with van der Waals surface area (Å²) in [5.41, 5.74) is 0.977. The topological polar surface area (TPSA) is 92.4 Å². The monoisotopic (exact) mass is 361 g/mol. The van der Waals surface area contributed by atoms with Crippen molar-refractivity contribution in [2.75, 3.05) is 20.2 Å². The molecule has 3 atom stereocenters. The van der Waals surface area contributed by atoms with Gasteiger partial charge in [-0.2, -0.15) is 0 Å². The van der Waals surface area contributed by atoms with Crippen molar-refractivity contribution in [3.05, 3.63) is 33.7 Å². The van der Waals surface area contributed by atoms with E-state index in [4.69, 9.17) is 13.9 Å². The van der Waals surface area contributed by atoms with E-state index in [-0.39, 0.29) is 24.4 Å². The number of aliphatic hydroxyl groups excluding tert-OH is 1. The molecule has 2 N–H and O–H groups in total. The van der Waals surface area contributed by atoms with Gasteiger partial charge in [0.05, 0.1) is 19.3 Å². The van der Waals surface area contributed by atoms with Crippen LogP contribution in [0.2, 0.25) is 0 Å². The number of phenolic OH excluding ortho intramolecular Hbond substituents is 1.